The summed E-state index contributed by atoms with van der Waals surface area (Å²) in [5, 5.41) is 4.50. The van der Waals surface area contributed by atoms with Gasteiger partial charge in [0.05, 0.1) is 17.5 Å². The van der Waals surface area contributed by atoms with Crippen LogP contribution in [0.25, 0.3) is 5.82 Å². The molecule has 1 aromatic carbocycles. The van der Waals surface area contributed by atoms with Crippen LogP contribution in [0.3, 0.4) is 0 Å². The van der Waals surface area contributed by atoms with E-state index in [9.17, 15) is 4.79 Å². The highest BCUT2D eigenvalue weighted by Gasteiger charge is 2.27. The zero-order chi connectivity index (χ0) is 21.1. The lowest BCUT2D eigenvalue weighted by Gasteiger charge is -2.35. The van der Waals surface area contributed by atoms with Crippen molar-refractivity contribution in [1.29, 1.82) is 0 Å². The van der Waals surface area contributed by atoms with Crippen LogP contribution in [0.1, 0.15) is 46.9 Å². The number of pyridine rings is 1. The molecule has 156 valence electrons. The van der Waals surface area contributed by atoms with E-state index in [1.165, 1.54) is 11.1 Å². The number of carbonyl (C=O) groups excluding carboxylic acids is 1. The molecule has 3 heterocycles. The molecule has 1 fully saturated rings. The first-order valence-electron chi connectivity index (χ1n) is 10.6. The fourth-order valence-corrected chi connectivity index (χ4v) is 4.05. The zero-order valence-corrected chi connectivity index (χ0v) is 18.0. The smallest absolute Gasteiger partial charge is 0.257 e. The van der Waals surface area contributed by atoms with Crippen LogP contribution in [-0.4, -0.2) is 56.7 Å². The molecule has 0 saturated carbocycles. The number of hydrogen-bond acceptors (Lipinski definition) is 4. The van der Waals surface area contributed by atoms with Crippen molar-refractivity contribution in [1.82, 2.24) is 24.6 Å². The molecular weight excluding hydrogens is 374 g/mol. The van der Waals surface area contributed by atoms with Crippen molar-refractivity contribution >= 4 is 5.91 Å². The Bertz CT molecular complexity index is 1000. The molecule has 3 aromatic rings. The van der Waals surface area contributed by atoms with Gasteiger partial charge in [0, 0.05) is 38.9 Å². The van der Waals surface area contributed by atoms with Gasteiger partial charge in [-0.2, -0.15) is 5.10 Å². The Morgan fingerprint density at radius 3 is 2.43 bits per heavy atom. The molecule has 6 heteroatoms. The zero-order valence-electron chi connectivity index (χ0n) is 18.0. The topological polar surface area (TPSA) is 54.3 Å². The summed E-state index contributed by atoms with van der Waals surface area (Å²) in [6.45, 7) is 10.5. The largest absolute Gasteiger partial charge is 0.336 e. The summed E-state index contributed by atoms with van der Waals surface area (Å²) in [5.74, 6) is 0.968. The van der Waals surface area contributed by atoms with Gasteiger partial charge in [-0.3, -0.25) is 9.69 Å². The van der Waals surface area contributed by atoms with Crippen LogP contribution >= 0.6 is 0 Å². The molecule has 1 saturated heterocycles. The molecule has 0 spiro atoms. The standard InChI is InChI=1S/C24H29N5O/c1-18(2)23-21(16-26-29(23)22-10-6-7-11-25-22)24(30)28-14-12-27(13-15-28)17-20-9-5-4-8-19(20)3/h4-11,16,18H,12-15,17H2,1-3H3. The van der Waals surface area contributed by atoms with Crippen molar-refractivity contribution in [3.63, 3.8) is 0 Å². The number of carbonyl (C=O) groups is 1. The minimum absolute atomic E-state index is 0.0661. The van der Waals surface area contributed by atoms with E-state index < -0.39 is 0 Å². The molecule has 0 unspecified atom stereocenters. The fraction of sp³-hybridized carbons (Fsp3) is 0.375. The average molecular weight is 404 g/mol. The van der Waals surface area contributed by atoms with Gasteiger partial charge in [0.1, 0.15) is 0 Å². The lowest BCUT2D eigenvalue weighted by atomic mass is 10.0. The minimum Gasteiger partial charge on any atom is -0.336 e. The molecule has 1 amide bonds. The average Bonchev–Trinajstić information content (AvgIpc) is 3.22. The Kier molecular flexibility index (Phi) is 5.95. The van der Waals surface area contributed by atoms with E-state index in [1.54, 1.807) is 17.1 Å². The predicted molar refractivity (Wildman–Crippen MR) is 118 cm³/mol. The van der Waals surface area contributed by atoms with Gasteiger partial charge in [-0.1, -0.05) is 44.2 Å². The number of benzene rings is 1. The Balaban J connectivity index is 1.47. The van der Waals surface area contributed by atoms with Gasteiger partial charge < -0.3 is 4.90 Å². The Labute approximate surface area is 178 Å². The van der Waals surface area contributed by atoms with E-state index in [-0.39, 0.29) is 11.8 Å². The van der Waals surface area contributed by atoms with Crippen molar-refractivity contribution in [2.75, 3.05) is 26.2 Å². The summed E-state index contributed by atoms with van der Waals surface area (Å²) in [5.41, 5.74) is 4.28. The Morgan fingerprint density at radius 1 is 1.03 bits per heavy atom. The maximum absolute atomic E-state index is 13.3. The number of aromatic nitrogens is 3. The summed E-state index contributed by atoms with van der Waals surface area (Å²) in [4.78, 5) is 22.1. The number of nitrogens with zero attached hydrogens (tertiary/aromatic N) is 5. The first-order valence-corrected chi connectivity index (χ1v) is 10.6. The van der Waals surface area contributed by atoms with Crippen LogP contribution in [0, 0.1) is 6.92 Å². The molecule has 0 N–H and O–H groups in total. The van der Waals surface area contributed by atoms with E-state index in [1.807, 2.05) is 23.1 Å². The van der Waals surface area contributed by atoms with E-state index in [0.29, 0.717) is 5.56 Å². The number of rotatable bonds is 5. The second-order valence-corrected chi connectivity index (χ2v) is 8.19. The summed E-state index contributed by atoms with van der Waals surface area (Å²) < 4.78 is 1.80. The molecule has 0 bridgehead atoms. The SMILES string of the molecule is Cc1ccccc1CN1CCN(C(=O)c2cnn(-c3ccccn3)c2C(C)C)CC1. The first-order chi connectivity index (χ1) is 14.5. The second kappa shape index (κ2) is 8.79. The van der Waals surface area contributed by atoms with E-state index in [0.717, 1.165) is 44.2 Å². The Morgan fingerprint density at radius 2 is 1.77 bits per heavy atom. The fourth-order valence-electron chi connectivity index (χ4n) is 4.05. The lowest BCUT2D eigenvalue weighted by Crippen LogP contribution is -2.48. The molecule has 6 nitrogen and oxygen atoms in total. The quantitative estimate of drug-likeness (QED) is 0.652. The summed E-state index contributed by atoms with van der Waals surface area (Å²) in [7, 11) is 0. The second-order valence-electron chi connectivity index (χ2n) is 8.19. The lowest BCUT2D eigenvalue weighted by molar-refractivity contribution is 0.0626. The number of amides is 1. The molecule has 4 rings (SSSR count). The van der Waals surface area contributed by atoms with Crippen molar-refractivity contribution < 1.29 is 4.79 Å². The van der Waals surface area contributed by atoms with Crippen LogP contribution < -0.4 is 0 Å². The normalized spacial score (nSPS) is 15.0. The van der Waals surface area contributed by atoms with Gasteiger partial charge in [0.25, 0.3) is 5.91 Å². The monoisotopic (exact) mass is 403 g/mol. The van der Waals surface area contributed by atoms with Gasteiger partial charge in [0.2, 0.25) is 0 Å². The van der Waals surface area contributed by atoms with Crippen LogP contribution in [-0.2, 0) is 6.54 Å². The van der Waals surface area contributed by atoms with E-state index in [4.69, 9.17) is 0 Å². The highest BCUT2D eigenvalue weighted by atomic mass is 16.2. The summed E-state index contributed by atoms with van der Waals surface area (Å²) in [6.07, 6.45) is 3.45. The van der Waals surface area contributed by atoms with Gasteiger partial charge >= 0.3 is 0 Å². The summed E-state index contributed by atoms with van der Waals surface area (Å²) in [6, 6.07) is 14.2. The number of aryl methyl sites for hydroxylation is 1. The minimum atomic E-state index is 0.0661. The third-order valence-corrected chi connectivity index (χ3v) is 5.76. The van der Waals surface area contributed by atoms with Crippen LogP contribution in [0.15, 0.2) is 54.9 Å². The molecule has 30 heavy (non-hydrogen) atoms. The van der Waals surface area contributed by atoms with Crippen LogP contribution in [0.4, 0.5) is 0 Å². The van der Waals surface area contributed by atoms with Crippen molar-refractivity contribution in [3.05, 3.63) is 77.2 Å². The maximum atomic E-state index is 13.3. The van der Waals surface area contributed by atoms with Gasteiger partial charge in [0.15, 0.2) is 5.82 Å². The summed E-state index contributed by atoms with van der Waals surface area (Å²) >= 11 is 0. The molecule has 1 aliphatic heterocycles. The molecule has 1 aliphatic rings. The first kappa shape index (κ1) is 20.3. The third kappa shape index (κ3) is 4.14. The van der Waals surface area contributed by atoms with Crippen molar-refractivity contribution in [3.8, 4) is 5.82 Å². The molecular formula is C24H29N5O. The Hall–Kier alpha value is -2.99. The van der Waals surface area contributed by atoms with E-state index in [2.05, 4.69) is 60.0 Å². The molecule has 2 aromatic heterocycles. The van der Waals surface area contributed by atoms with E-state index >= 15 is 0 Å². The molecule has 0 atom stereocenters. The van der Waals surface area contributed by atoms with Crippen LogP contribution in [0.2, 0.25) is 0 Å². The van der Waals surface area contributed by atoms with Gasteiger partial charge in [-0.25, -0.2) is 9.67 Å². The number of hydrogen-bond donors (Lipinski definition) is 0. The molecule has 0 radical (unpaired) electrons. The maximum Gasteiger partial charge on any atom is 0.257 e. The predicted octanol–water partition coefficient (Wildman–Crippen LogP) is 3.66. The van der Waals surface area contributed by atoms with Crippen molar-refractivity contribution in [2.45, 2.75) is 33.2 Å². The third-order valence-electron chi connectivity index (χ3n) is 5.76. The highest BCUT2D eigenvalue weighted by molar-refractivity contribution is 5.95. The van der Waals surface area contributed by atoms with Gasteiger partial charge in [-0.15, -0.1) is 0 Å². The molecule has 0 aliphatic carbocycles. The van der Waals surface area contributed by atoms with Gasteiger partial charge in [-0.05, 0) is 36.1 Å². The number of piperazine rings is 1. The van der Waals surface area contributed by atoms with Crippen molar-refractivity contribution in [2.24, 2.45) is 0 Å². The van der Waals surface area contributed by atoms with Crippen LogP contribution in [0.5, 0.6) is 0 Å². The highest BCUT2D eigenvalue weighted by Crippen LogP contribution is 2.24.